The molecule has 0 saturated heterocycles. The first kappa shape index (κ1) is 36.1. The largest absolute Gasteiger partial charge is 0.208 e. The molecule has 1 aliphatic carbocycles. The summed E-state index contributed by atoms with van der Waals surface area (Å²) in [6, 6.07) is 84.1. The molecule has 0 unspecified atom stereocenters. The maximum Gasteiger partial charge on any atom is 0.164 e. The first-order valence-corrected chi connectivity index (χ1v) is 20.8. The minimum Gasteiger partial charge on any atom is -0.208 e. The minimum absolute atomic E-state index is 0.554. The van der Waals surface area contributed by atoms with Gasteiger partial charge in [0, 0.05) is 16.7 Å². The number of hydrogen-bond acceptors (Lipinski definition) is 3. The Morgan fingerprint density at radius 3 is 1.16 bits per heavy atom. The van der Waals surface area contributed by atoms with Crippen LogP contribution < -0.4 is 0 Å². The molecule has 11 rings (SSSR count). The molecule has 286 valence electrons. The van der Waals surface area contributed by atoms with Gasteiger partial charge in [0.05, 0.1) is 5.41 Å². The third-order valence-electron chi connectivity index (χ3n) is 12.0. The molecule has 1 aliphatic rings. The lowest BCUT2D eigenvalue weighted by molar-refractivity contribution is 0.768. The van der Waals surface area contributed by atoms with Crippen molar-refractivity contribution in [1.82, 2.24) is 15.0 Å². The van der Waals surface area contributed by atoms with Gasteiger partial charge in [0.1, 0.15) is 0 Å². The average molecular weight is 778 g/mol. The molecule has 3 nitrogen and oxygen atoms in total. The van der Waals surface area contributed by atoms with E-state index in [2.05, 4.69) is 231 Å². The highest BCUT2D eigenvalue weighted by atomic mass is 15.0. The van der Waals surface area contributed by atoms with Gasteiger partial charge in [-0.2, -0.15) is 0 Å². The molecule has 0 fully saturated rings. The summed E-state index contributed by atoms with van der Waals surface area (Å²) in [6.45, 7) is 0. The van der Waals surface area contributed by atoms with E-state index in [0.717, 1.165) is 50.1 Å². The fraction of sp³-hybridized carbons (Fsp3) is 0.0172. The summed E-state index contributed by atoms with van der Waals surface area (Å²) in [6.07, 6.45) is 0. The minimum atomic E-state index is -0.554. The number of nitrogens with zero attached hydrogens (tertiary/aromatic N) is 3. The van der Waals surface area contributed by atoms with E-state index in [9.17, 15) is 0 Å². The van der Waals surface area contributed by atoms with Crippen LogP contribution in [0.5, 0.6) is 0 Å². The summed E-state index contributed by atoms with van der Waals surface area (Å²) >= 11 is 0. The highest BCUT2D eigenvalue weighted by Crippen LogP contribution is 2.56. The molecule has 1 heterocycles. The van der Waals surface area contributed by atoms with Crippen LogP contribution in [0.2, 0.25) is 0 Å². The van der Waals surface area contributed by atoms with Crippen LogP contribution in [0.15, 0.2) is 237 Å². The number of rotatable bonds is 8. The Morgan fingerprint density at radius 1 is 0.230 bits per heavy atom. The smallest absolute Gasteiger partial charge is 0.164 e. The molecule has 0 spiro atoms. The maximum atomic E-state index is 5.40. The lowest BCUT2D eigenvalue weighted by Crippen LogP contribution is -2.28. The Morgan fingerprint density at radius 2 is 0.607 bits per heavy atom. The Balaban J connectivity index is 1.16. The van der Waals surface area contributed by atoms with Gasteiger partial charge in [-0.25, -0.2) is 15.0 Å². The lowest BCUT2D eigenvalue weighted by Gasteiger charge is -2.34. The zero-order valence-corrected chi connectivity index (χ0v) is 33.4. The number of fused-ring (bicyclic) bond motifs is 3. The van der Waals surface area contributed by atoms with E-state index in [0.29, 0.717) is 17.5 Å². The fourth-order valence-electron chi connectivity index (χ4n) is 9.17. The third kappa shape index (κ3) is 6.44. The molecular formula is C58H39N3. The van der Waals surface area contributed by atoms with Crippen LogP contribution >= 0.6 is 0 Å². The van der Waals surface area contributed by atoms with Crippen molar-refractivity contribution in [3.63, 3.8) is 0 Å². The topological polar surface area (TPSA) is 38.7 Å². The highest BCUT2D eigenvalue weighted by Gasteiger charge is 2.46. The van der Waals surface area contributed by atoms with Gasteiger partial charge in [-0.05, 0) is 97.1 Å². The summed E-state index contributed by atoms with van der Waals surface area (Å²) < 4.78 is 0. The van der Waals surface area contributed by atoms with E-state index in [-0.39, 0.29) is 0 Å². The monoisotopic (exact) mass is 777 g/mol. The molecular weight excluding hydrogens is 739 g/mol. The van der Waals surface area contributed by atoms with E-state index in [1.165, 1.54) is 33.4 Å². The van der Waals surface area contributed by atoms with E-state index in [1.807, 2.05) is 6.07 Å². The average Bonchev–Trinajstić information content (AvgIpc) is 3.65. The predicted octanol–water partition coefficient (Wildman–Crippen LogP) is 14.2. The van der Waals surface area contributed by atoms with Crippen LogP contribution in [-0.4, -0.2) is 15.0 Å². The predicted molar refractivity (Wildman–Crippen MR) is 250 cm³/mol. The Hall–Kier alpha value is -8.01. The Kier molecular flexibility index (Phi) is 9.05. The van der Waals surface area contributed by atoms with Crippen LogP contribution in [-0.2, 0) is 5.41 Å². The van der Waals surface area contributed by atoms with Gasteiger partial charge in [-0.3, -0.25) is 0 Å². The van der Waals surface area contributed by atoms with Crippen molar-refractivity contribution in [2.24, 2.45) is 0 Å². The van der Waals surface area contributed by atoms with Crippen LogP contribution in [0, 0.1) is 0 Å². The van der Waals surface area contributed by atoms with Gasteiger partial charge in [0.2, 0.25) is 0 Å². The molecule has 0 atom stereocenters. The summed E-state index contributed by atoms with van der Waals surface area (Å²) in [5.74, 6) is 1.84. The van der Waals surface area contributed by atoms with Crippen LogP contribution in [0.1, 0.15) is 22.3 Å². The van der Waals surface area contributed by atoms with E-state index in [1.54, 1.807) is 0 Å². The van der Waals surface area contributed by atoms with Crippen LogP contribution in [0.25, 0.3) is 78.7 Å². The molecule has 0 saturated carbocycles. The van der Waals surface area contributed by atoms with E-state index in [4.69, 9.17) is 15.0 Å². The molecule has 0 radical (unpaired) electrons. The molecule has 0 bridgehead atoms. The van der Waals surface area contributed by atoms with E-state index >= 15 is 0 Å². The van der Waals surface area contributed by atoms with Crippen molar-refractivity contribution in [1.29, 1.82) is 0 Å². The molecule has 0 aliphatic heterocycles. The second kappa shape index (κ2) is 15.3. The van der Waals surface area contributed by atoms with Crippen molar-refractivity contribution in [2.75, 3.05) is 0 Å². The number of hydrogen-bond donors (Lipinski definition) is 0. The van der Waals surface area contributed by atoms with Gasteiger partial charge in [0.15, 0.2) is 17.5 Å². The molecule has 0 N–H and O–H groups in total. The maximum absolute atomic E-state index is 5.40. The summed E-state index contributed by atoms with van der Waals surface area (Å²) in [7, 11) is 0. The fourth-order valence-corrected chi connectivity index (χ4v) is 9.17. The highest BCUT2D eigenvalue weighted by molar-refractivity contribution is 5.88. The summed E-state index contributed by atoms with van der Waals surface area (Å²) in [4.78, 5) is 16.0. The standard InChI is InChI=1S/C58H39N3/c1-6-19-40(20-7-1)43-25-18-26-44(35-43)55-59-56(61-57(60-55)48-37-46(41-21-8-2-9-22-41)36-47(38-48)42-23-10-3-11-24-42)45-33-34-52-51-31-16-17-32-53(51)58(54(52)39-45,49-27-12-4-13-28-49)50-29-14-5-15-30-50/h1-39H. The van der Waals surface area contributed by atoms with Crippen molar-refractivity contribution in [3.05, 3.63) is 259 Å². The van der Waals surface area contributed by atoms with Gasteiger partial charge in [-0.15, -0.1) is 0 Å². The van der Waals surface area contributed by atoms with Crippen molar-refractivity contribution < 1.29 is 0 Å². The normalized spacial score (nSPS) is 12.4. The third-order valence-corrected chi connectivity index (χ3v) is 12.0. The van der Waals surface area contributed by atoms with Gasteiger partial charge in [0.25, 0.3) is 0 Å². The molecule has 9 aromatic carbocycles. The first-order valence-electron chi connectivity index (χ1n) is 20.8. The summed E-state index contributed by atoms with van der Waals surface area (Å²) in [5, 5.41) is 0. The number of benzene rings is 9. The zero-order chi connectivity index (χ0) is 40.6. The van der Waals surface area contributed by atoms with Crippen molar-refractivity contribution in [3.8, 4) is 78.7 Å². The SMILES string of the molecule is c1ccc(-c2cccc(-c3nc(-c4cc(-c5ccccc5)cc(-c5ccccc5)c4)nc(-c4ccc5c(c4)C(c4ccccc4)(c4ccccc4)c4ccccc4-5)n3)c2)cc1. The van der Waals surface area contributed by atoms with Crippen LogP contribution in [0.4, 0.5) is 0 Å². The summed E-state index contributed by atoms with van der Waals surface area (Å²) in [5.41, 5.74) is 16.2. The molecule has 10 aromatic rings. The van der Waals surface area contributed by atoms with Crippen LogP contribution in [0.3, 0.4) is 0 Å². The zero-order valence-electron chi connectivity index (χ0n) is 33.4. The second-order valence-corrected chi connectivity index (χ2v) is 15.6. The van der Waals surface area contributed by atoms with Crippen molar-refractivity contribution in [2.45, 2.75) is 5.41 Å². The van der Waals surface area contributed by atoms with E-state index < -0.39 is 5.41 Å². The van der Waals surface area contributed by atoms with Gasteiger partial charge < -0.3 is 0 Å². The van der Waals surface area contributed by atoms with Gasteiger partial charge in [-0.1, -0.05) is 206 Å². The molecule has 1 aromatic heterocycles. The van der Waals surface area contributed by atoms with Crippen molar-refractivity contribution >= 4 is 0 Å². The lowest BCUT2D eigenvalue weighted by atomic mass is 9.67. The molecule has 61 heavy (non-hydrogen) atoms. The second-order valence-electron chi connectivity index (χ2n) is 15.6. The Labute approximate surface area is 356 Å². The Bertz CT molecular complexity index is 3070. The van der Waals surface area contributed by atoms with Gasteiger partial charge >= 0.3 is 0 Å². The molecule has 0 amide bonds. The number of aromatic nitrogens is 3. The quantitative estimate of drug-likeness (QED) is 0.154. The molecule has 3 heteroatoms. The first-order chi connectivity index (χ1) is 30.2.